The number of carbonyl (C=O) groups is 1. The molecule has 0 saturated carbocycles. The number of carboxylic acid groups (broad SMARTS) is 1. The number of aromatic nitrogens is 1. The number of aromatic carboxylic acids is 1. The molecule has 0 fully saturated rings. The summed E-state index contributed by atoms with van der Waals surface area (Å²) in [6.07, 6.45) is 0. The average Bonchev–Trinajstić information content (AvgIpc) is 2.46. The molecule has 0 bridgehead atoms. The molecule has 14 heavy (non-hydrogen) atoms. The molecule has 1 aromatic heterocycles. The molecule has 0 aliphatic carbocycles. The summed E-state index contributed by atoms with van der Waals surface area (Å²) < 4.78 is 0.795. The maximum absolute atomic E-state index is 10.5. The molecule has 0 radical (unpaired) electrons. The molecule has 0 amide bonds. The van der Waals surface area contributed by atoms with Crippen LogP contribution in [-0.4, -0.2) is 11.0 Å². The fourth-order valence-corrected chi connectivity index (χ4v) is 1.94. The molecule has 0 spiro atoms. The fourth-order valence-electron chi connectivity index (χ4n) is 0.988. The topological polar surface area (TPSA) is 53.0 Å². The van der Waals surface area contributed by atoms with E-state index in [1.54, 1.807) is 18.2 Å². The number of nitrogens with zero attached hydrogens (tertiary/aromatic N) is 1. The van der Waals surface area contributed by atoms with Crippen molar-refractivity contribution < 1.29 is 39.5 Å². The molecule has 0 aliphatic rings. The number of thiazole rings is 1. The molecule has 6 heteroatoms. The molecule has 1 aromatic carbocycles. The Morgan fingerprint density at radius 3 is 2.86 bits per heavy atom. The second kappa shape index (κ2) is 4.59. The van der Waals surface area contributed by atoms with Gasteiger partial charge in [-0.05, 0) is 18.2 Å². The summed E-state index contributed by atoms with van der Waals surface area (Å²) in [5.74, 6) is -1.25. The van der Waals surface area contributed by atoms with E-state index < -0.39 is 5.97 Å². The zero-order valence-electron chi connectivity index (χ0n) is 7.28. The number of fused-ring (bicyclic) bond motifs is 1. The van der Waals surface area contributed by atoms with Gasteiger partial charge in [0.25, 0.3) is 0 Å². The van der Waals surface area contributed by atoms with Crippen LogP contribution in [0.3, 0.4) is 0 Å². The minimum atomic E-state index is -1.25. The Labute approximate surface area is 111 Å². The monoisotopic (exact) mass is 235 g/mol. The molecule has 0 N–H and O–H groups in total. The van der Waals surface area contributed by atoms with Crippen molar-refractivity contribution in [1.29, 1.82) is 0 Å². The van der Waals surface area contributed by atoms with Gasteiger partial charge in [-0.2, -0.15) is 0 Å². The van der Waals surface area contributed by atoms with E-state index in [9.17, 15) is 9.90 Å². The summed E-state index contributed by atoms with van der Waals surface area (Å²) in [5, 5.41) is 11.0. The first-order valence-corrected chi connectivity index (χ1v) is 4.64. The molecular formula is C8H3ClNNaO2S. The summed E-state index contributed by atoms with van der Waals surface area (Å²) in [6.45, 7) is 0. The molecule has 3 nitrogen and oxygen atoms in total. The van der Waals surface area contributed by atoms with Crippen molar-refractivity contribution in [2.24, 2.45) is 0 Å². The number of rotatable bonds is 1. The van der Waals surface area contributed by atoms with Gasteiger partial charge in [0.15, 0.2) is 0 Å². The Morgan fingerprint density at radius 2 is 2.21 bits per heavy atom. The van der Waals surface area contributed by atoms with Crippen molar-refractivity contribution in [1.82, 2.24) is 4.98 Å². The number of carbonyl (C=O) groups excluding carboxylic acids is 1. The largest absolute Gasteiger partial charge is 1.00 e. The Hall–Kier alpha value is -0.130. The van der Waals surface area contributed by atoms with Gasteiger partial charge in [0.2, 0.25) is 0 Å². The third-order valence-corrected chi connectivity index (χ3v) is 2.78. The van der Waals surface area contributed by atoms with Crippen LogP contribution in [0.4, 0.5) is 0 Å². The molecule has 2 aromatic rings. The fraction of sp³-hybridized carbons (Fsp3) is 0. The molecule has 0 aliphatic heterocycles. The molecule has 0 unspecified atom stereocenters. The van der Waals surface area contributed by atoms with Crippen LogP contribution in [0.15, 0.2) is 18.2 Å². The molecule has 66 valence electrons. The average molecular weight is 236 g/mol. The maximum Gasteiger partial charge on any atom is 1.00 e. The van der Waals surface area contributed by atoms with Crippen LogP contribution in [0, 0.1) is 0 Å². The smallest absolute Gasteiger partial charge is 0.542 e. The van der Waals surface area contributed by atoms with Gasteiger partial charge in [0, 0.05) is 5.02 Å². The van der Waals surface area contributed by atoms with Gasteiger partial charge in [0.05, 0.1) is 10.2 Å². The van der Waals surface area contributed by atoms with Crippen molar-refractivity contribution in [3.05, 3.63) is 28.2 Å². The van der Waals surface area contributed by atoms with Crippen molar-refractivity contribution in [3.63, 3.8) is 0 Å². The Morgan fingerprint density at radius 1 is 1.50 bits per heavy atom. The SMILES string of the molecule is O=C([O-])c1nc2cc(Cl)ccc2s1.[Na+]. The second-order valence-electron chi connectivity index (χ2n) is 2.42. The van der Waals surface area contributed by atoms with Gasteiger partial charge in [-0.15, -0.1) is 11.3 Å². The van der Waals surface area contributed by atoms with Crippen LogP contribution in [0.25, 0.3) is 10.2 Å². The van der Waals surface area contributed by atoms with Crippen LogP contribution >= 0.6 is 22.9 Å². The summed E-state index contributed by atoms with van der Waals surface area (Å²) in [5.41, 5.74) is 0.594. The first-order valence-electron chi connectivity index (χ1n) is 3.44. The summed E-state index contributed by atoms with van der Waals surface area (Å²) in [6, 6.07) is 5.06. The summed E-state index contributed by atoms with van der Waals surface area (Å²) >= 11 is 6.79. The molecule has 2 rings (SSSR count). The van der Waals surface area contributed by atoms with Crippen molar-refractivity contribution >= 4 is 39.1 Å². The van der Waals surface area contributed by atoms with Crippen molar-refractivity contribution in [3.8, 4) is 0 Å². The summed E-state index contributed by atoms with van der Waals surface area (Å²) in [7, 11) is 0. The van der Waals surface area contributed by atoms with Gasteiger partial charge < -0.3 is 9.90 Å². The third-order valence-electron chi connectivity index (χ3n) is 1.52. The molecule has 0 saturated heterocycles. The van der Waals surface area contributed by atoms with Crippen LogP contribution in [-0.2, 0) is 0 Å². The second-order valence-corrected chi connectivity index (χ2v) is 3.89. The van der Waals surface area contributed by atoms with E-state index in [0.717, 1.165) is 16.0 Å². The van der Waals surface area contributed by atoms with E-state index in [2.05, 4.69) is 4.98 Å². The number of benzene rings is 1. The molecule has 1 heterocycles. The number of carboxylic acids is 1. The number of halogens is 1. The van der Waals surface area contributed by atoms with Gasteiger partial charge in [-0.3, -0.25) is 0 Å². The Balaban J connectivity index is 0.000000980. The van der Waals surface area contributed by atoms with Gasteiger partial charge in [0.1, 0.15) is 11.0 Å². The first kappa shape index (κ1) is 11.9. The maximum atomic E-state index is 10.5. The van der Waals surface area contributed by atoms with E-state index in [4.69, 9.17) is 11.6 Å². The molecule has 0 atom stereocenters. The van der Waals surface area contributed by atoms with E-state index in [-0.39, 0.29) is 34.6 Å². The quantitative estimate of drug-likeness (QED) is 0.555. The number of hydrogen-bond acceptors (Lipinski definition) is 4. The Bertz CT molecular complexity index is 485. The van der Waals surface area contributed by atoms with Crippen LogP contribution in [0.2, 0.25) is 5.02 Å². The van der Waals surface area contributed by atoms with Crippen molar-refractivity contribution in [2.45, 2.75) is 0 Å². The minimum absolute atomic E-state index is 0. The zero-order valence-corrected chi connectivity index (χ0v) is 10.9. The van der Waals surface area contributed by atoms with Crippen LogP contribution < -0.4 is 34.7 Å². The number of hydrogen-bond donors (Lipinski definition) is 0. The predicted molar refractivity (Wildman–Crippen MR) is 49.0 cm³/mol. The first-order chi connectivity index (χ1) is 6.16. The van der Waals surface area contributed by atoms with E-state index in [1.807, 2.05) is 0 Å². The van der Waals surface area contributed by atoms with Crippen LogP contribution in [0.1, 0.15) is 9.80 Å². The van der Waals surface area contributed by atoms with E-state index in [1.165, 1.54) is 0 Å². The zero-order chi connectivity index (χ0) is 9.42. The van der Waals surface area contributed by atoms with Crippen LogP contribution in [0.5, 0.6) is 0 Å². The summed E-state index contributed by atoms with van der Waals surface area (Å²) in [4.78, 5) is 14.3. The van der Waals surface area contributed by atoms with E-state index >= 15 is 0 Å². The van der Waals surface area contributed by atoms with Crippen molar-refractivity contribution in [2.75, 3.05) is 0 Å². The minimum Gasteiger partial charge on any atom is -0.542 e. The Kier molecular flexibility index (Phi) is 3.92. The standard InChI is InChI=1S/C8H4ClNO2S.Na/c9-4-1-2-6-5(3-4)10-7(13-6)8(11)12;/h1-3H,(H,11,12);/q;+1/p-1. The third kappa shape index (κ3) is 2.27. The van der Waals surface area contributed by atoms with Gasteiger partial charge >= 0.3 is 29.6 Å². The van der Waals surface area contributed by atoms with Gasteiger partial charge in [-0.25, -0.2) is 4.98 Å². The normalized spacial score (nSPS) is 9.79. The van der Waals surface area contributed by atoms with Gasteiger partial charge in [-0.1, -0.05) is 11.6 Å². The van der Waals surface area contributed by atoms with E-state index in [0.29, 0.717) is 10.5 Å². The molecular weight excluding hydrogens is 233 g/mol. The predicted octanol–water partition coefficient (Wildman–Crippen LogP) is -1.68.